The monoisotopic (exact) mass is 224 g/mol. The van der Waals surface area contributed by atoms with Gasteiger partial charge in [0, 0.05) is 18.0 Å². The van der Waals surface area contributed by atoms with E-state index in [-0.39, 0.29) is 0 Å². The number of H-pyrrole nitrogens is 1. The van der Waals surface area contributed by atoms with Crippen LogP contribution in [-0.4, -0.2) is 17.1 Å². The fraction of sp³-hybridized carbons (Fsp3) is 0.0714. The van der Waals surface area contributed by atoms with Crippen LogP contribution in [-0.2, 0) is 0 Å². The van der Waals surface area contributed by atoms with E-state index in [1.54, 1.807) is 13.3 Å². The summed E-state index contributed by atoms with van der Waals surface area (Å²) in [6.45, 7) is 0. The number of aromatic nitrogens is 2. The molecule has 0 radical (unpaired) electrons. The molecule has 0 saturated carbocycles. The average Bonchev–Trinajstić information content (AvgIpc) is 2.83. The van der Waals surface area contributed by atoms with Gasteiger partial charge < -0.3 is 9.72 Å². The lowest BCUT2D eigenvalue weighted by molar-refractivity contribution is 0.419. The Morgan fingerprint density at radius 3 is 2.71 bits per heavy atom. The third kappa shape index (κ3) is 1.56. The summed E-state index contributed by atoms with van der Waals surface area (Å²) in [4.78, 5) is 7.47. The molecule has 0 spiro atoms. The first-order chi connectivity index (χ1) is 8.40. The molecule has 2 aromatic heterocycles. The van der Waals surface area contributed by atoms with Gasteiger partial charge in [0.1, 0.15) is 11.4 Å². The predicted octanol–water partition coefficient (Wildman–Crippen LogP) is 3.24. The minimum Gasteiger partial charge on any atom is -0.496 e. The molecule has 17 heavy (non-hydrogen) atoms. The number of fused-ring (bicyclic) bond motifs is 1. The van der Waals surface area contributed by atoms with Crippen LogP contribution in [0.5, 0.6) is 5.75 Å². The number of ether oxygens (including phenoxy) is 1. The molecule has 0 aliphatic heterocycles. The fourth-order valence-corrected chi connectivity index (χ4v) is 2.04. The van der Waals surface area contributed by atoms with E-state index >= 15 is 0 Å². The number of nitrogens with zero attached hydrogens (tertiary/aromatic N) is 1. The largest absolute Gasteiger partial charge is 0.496 e. The molecule has 0 aliphatic carbocycles. The first-order valence-electron chi connectivity index (χ1n) is 5.45. The SMILES string of the molecule is COc1ccnc2[nH]cc(-c3ccccc3)c12. The Labute approximate surface area is 99.1 Å². The normalized spacial score (nSPS) is 10.6. The summed E-state index contributed by atoms with van der Waals surface area (Å²) in [7, 11) is 1.68. The van der Waals surface area contributed by atoms with Crippen molar-refractivity contribution in [3.63, 3.8) is 0 Å². The van der Waals surface area contributed by atoms with Gasteiger partial charge in [-0.05, 0) is 11.6 Å². The van der Waals surface area contributed by atoms with Gasteiger partial charge in [-0.25, -0.2) is 4.98 Å². The van der Waals surface area contributed by atoms with Crippen LogP contribution in [0.15, 0.2) is 48.8 Å². The second-order valence-electron chi connectivity index (χ2n) is 3.81. The van der Waals surface area contributed by atoms with Crippen LogP contribution in [0.2, 0.25) is 0 Å². The highest BCUT2D eigenvalue weighted by atomic mass is 16.5. The molecule has 0 aliphatic rings. The first kappa shape index (κ1) is 9.90. The van der Waals surface area contributed by atoms with Crippen molar-refractivity contribution in [2.24, 2.45) is 0 Å². The Hall–Kier alpha value is -2.29. The van der Waals surface area contributed by atoms with E-state index in [1.807, 2.05) is 30.5 Å². The van der Waals surface area contributed by atoms with Crippen molar-refractivity contribution in [1.82, 2.24) is 9.97 Å². The Morgan fingerprint density at radius 1 is 1.12 bits per heavy atom. The van der Waals surface area contributed by atoms with Gasteiger partial charge in [-0.3, -0.25) is 0 Å². The lowest BCUT2D eigenvalue weighted by atomic mass is 10.1. The summed E-state index contributed by atoms with van der Waals surface area (Å²) in [5.41, 5.74) is 3.12. The van der Waals surface area contributed by atoms with E-state index in [0.29, 0.717) is 0 Å². The fourth-order valence-electron chi connectivity index (χ4n) is 2.04. The van der Waals surface area contributed by atoms with Crippen molar-refractivity contribution in [3.8, 4) is 16.9 Å². The van der Waals surface area contributed by atoms with E-state index in [4.69, 9.17) is 4.74 Å². The van der Waals surface area contributed by atoms with E-state index in [0.717, 1.165) is 27.9 Å². The number of aromatic amines is 1. The molecule has 3 aromatic rings. The van der Waals surface area contributed by atoms with Crippen LogP contribution in [0.1, 0.15) is 0 Å². The quantitative estimate of drug-likeness (QED) is 0.725. The Bertz CT molecular complexity index is 644. The summed E-state index contributed by atoms with van der Waals surface area (Å²) in [5.74, 6) is 0.843. The molecular weight excluding hydrogens is 212 g/mol. The van der Waals surface area contributed by atoms with Crippen molar-refractivity contribution < 1.29 is 4.74 Å². The van der Waals surface area contributed by atoms with Crippen LogP contribution in [0.25, 0.3) is 22.2 Å². The lowest BCUT2D eigenvalue weighted by Crippen LogP contribution is -1.86. The van der Waals surface area contributed by atoms with Crippen LogP contribution in [0, 0.1) is 0 Å². The van der Waals surface area contributed by atoms with Gasteiger partial charge in [0.15, 0.2) is 0 Å². The smallest absolute Gasteiger partial charge is 0.141 e. The number of rotatable bonds is 2. The van der Waals surface area contributed by atoms with Gasteiger partial charge >= 0.3 is 0 Å². The molecule has 1 aromatic carbocycles. The lowest BCUT2D eigenvalue weighted by Gasteiger charge is -2.04. The molecule has 0 bridgehead atoms. The van der Waals surface area contributed by atoms with Crippen molar-refractivity contribution in [1.29, 1.82) is 0 Å². The number of methoxy groups -OCH3 is 1. The zero-order chi connectivity index (χ0) is 11.7. The highest BCUT2D eigenvalue weighted by Crippen LogP contribution is 2.33. The van der Waals surface area contributed by atoms with E-state index in [9.17, 15) is 0 Å². The second-order valence-corrected chi connectivity index (χ2v) is 3.81. The van der Waals surface area contributed by atoms with E-state index in [1.165, 1.54) is 0 Å². The molecule has 0 amide bonds. The van der Waals surface area contributed by atoms with Gasteiger partial charge in [-0.1, -0.05) is 30.3 Å². The predicted molar refractivity (Wildman–Crippen MR) is 68.1 cm³/mol. The number of nitrogens with one attached hydrogen (secondary N) is 1. The molecular formula is C14H12N2O. The molecule has 3 heteroatoms. The highest BCUT2D eigenvalue weighted by Gasteiger charge is 2.11. The molecule has 0 atom stereocenters. The molecule has 0 unspecified atom stereocenters. The van der Waals surface area contributed by atoms with Crippen LogP contribution in [0.3, 0.4) is 0 Å². The van der Waals surface area contributed by atoms with Crippen molar-refractivity contribution in [2.75, 3.05) is 7.11 Å². The van der Waals surface area contributed by atoms with Crippen molar-refractivity contribution in [3.05, 3.63) is 48.8 Å². The Morgan fingerprint density at radius 2 is 1.94 bits per heavy atom. The third-order valence-corrected chi connectivity index (χ3v) is 2.84. The van der Waals surface area contributed by atoms with Gasteiger partial charge in [0.05, 0.1) is 12.5 Å². The second kappa shape index (κ2) is 3.94. The summed E-state index contributed by atoms with van der Waals surface area (Å²) < 4.78 is 5.39. The first-order valence-corrected chi connectivity index (χ1v) is 5.45. The maximum atomic E-state index is 5.39. The Balaban J connectivity index is 2.31. The molecule has 3 nitrogen and oxygen atoms in total. The molecule has 1 N–H and O–H groups in total. The van der Waals surface area contributed by atoms with Crippen LogP contribution >= 0.6 is 0 Å². The van der Waals surface area contributed by atoms with Gasteiger partial charge in [0.2, 0.25) is 0 Å². The zero-order valence-electron chi connectivity index (χ0n) is 9.47. The maximum Gasteiger partial charge on any atom is 0.141 e. The van der Waals surface area contributed by atoms with E-state index < -0.39 is 0 Å². The number of pyridine rings is 1. The standard InChI is InChI=1S/C14H12N2O/c1-17-12-7-8-15-14-13(12)11(9-16-14)10-5-3-2-4-6-10/h2-9H,1H3,(H,15,16). The molecule has 3 rings (SSSR count). The summed E-state index contributed by atoms with van der Waals surface area (Å²) in [5, 5.41) is 1.03. The molecule has 0 fully saturated rings. The van der Waals surface area contributed by atoms with Crippen LogP contribution < -0.4 is 4.74 Å². The maximum absolute atomic E-state index is 5.39. The molecule has 2 heterocycles. The minimum atomic E-state index is 0.843. The zero-order valence-corrected chi connectivity index (χ0v) is 9.47. The summed E-state index contributed by atoms with van der Waals surface area (Å²) in [6.07, 6.45) is 3.71. The van der Waals surface area contributed by atoms with Crippen molar-refractivity contribution in [2.45, 2.75) is 0 Å². The van der Waals surface area contributed by atoms with Gasteiger partial charge in [-0.2, -0.15) is 0 Å². The van der Waals surface area contributed by atoms with Crippen molar-refractivity contribution >= 4 is 11.0 Å². The van der Waals surface area contributed by atoms with Crippen LogP contribution in [0.4, 0.5) is 0 Å². The van der Waals surface area contributed by atoms with Gasteiger partial charge in [-0.15, -0.1) is 0 Å². The van der Waals surface area contributed by atoms with E-state index in [2.05, 4.69) is 22.1 Å². The summed E-state index contributed by atoms with van der Waals surface area (Å²) in [6, 6.07) is 12.1. The Kier molecular flexibility index (Phi) is 2.29. The topological polar surface area (TPSA) is 37.9 Å². The number of benzene rings is 1. The third-order valence-electron chi connectivity index (χ3n) is 2.84. The minimum absolute atomic E-state index is 0.843. The molecule has 84 valence electrons. The highest BCUT2D eigenvalue weighted by molar-refractivity contribution is 5.97. The molecule has 0 saturated heterocycles. The average molecular weight is 224 g/mol. The van der Waals surface area contributed by atoms with Gasteiger partial charge in [0.25, 0.3) is 0 Å². The number of hydrogen-bond donors (Lipinski definition) is 1. The summed E-state index contributed by atoms with van der Waals surface area (Å²) >= 11 is 0. The number of hydrogen-bond acceptors (Lipinski definition) is 2.